The largest absolute Gasteiger partial charge is 0.384 e. The molecule has 3 rings (SSSR count). The van der Waals surface area contributed by atoms with Gasteiger partial charge in [0.15, 0.2) is 0 Å². The van der Waals surface area contributed by atoms with Crippen LogP contribution >= 0.6 is 15.9 Å². The Bertz CT molecular complexity index is 813. The summed E-state index contributed by atoms with van der Waals surface area (Å²) in [5, 5.41) is 12.6. The second kappa shape index (κ2) is 5.58. The molecule has 3 heteroatoms. The Labute approximate surface area is 131 Å². The van der Waals surface area contributed by atoms with Crippen molar-refractivity contribution in [3.05, 3.63) is 81.6 Å². The van der Waals surface area contributed by atoms with Crippen molar-refractivity contribution < 1.29 is 9.50 Å². The van der Waals surface area contributed by atoms with Gasteiger partial charge in [-0.25, -0.2) is 4.39 Å². The van der Waals surface area contributed by atoms with Gasteiger partial charge in [-0.1, -0.05) is 46.3 Å². The molecule has 1 N–H and O–H groups in total. The Balaban J connectivity index is 2.02. The highest BCUT2D eigenvalue weighted by Crippen LogP contribution is 2.27. The summed E-state index contributed by atoms with van der Waals surface area (Å²) in [5.74, 6) is -0.295. The first kappa shape index (κ1) is 14.2. The van der Waals surface area contributed by atoms with Crippen molar-refractivity contribution in [2.24, 2.45) is 0 Å². The molecule has 1 nitrogen and oxygen atoms in total. The number of aryl methyl sites for hydroxylation is 1. The minimum Gasteiger partial charge on any atom is -0.384 e. The normalized spacial score (nSPS) is 12.6. The summed E-state index contributed by atoms with van der Waals surface area (Å²) < 4.78 is 14.7. The topological polar surface area (TPSA) is 20.2 Å². The van der Waals surface area contributed by atoms with Crippen molar-refractivity contribution >= 4 is 26.7 Å². The van der Waals surface area contributed by atoms with E-state index in [-0.39, 0.29) is 5.82 Å². The number of hydrogen-bond acceptors (Lipinski definition) is 1. The SMILES string of the molecule is Cc1ccc(C(O)c2ccc3cc(Br)ccc3c2)cc1F. The molecule has 0 aliphatic carbocycles. The number of halogens is 2. The molecule has 0 amide bonds. The lowest BCUT2D eigenvalue weighted by Crippen LogP contribution is -2.00. The molecule has 0 aliphatic rings. The van der Waals surface area contributed by atoms with Gasteiger partial charge in [0.25, 0.3) is 0 Å². The molecular formula is C18H14BrFO. The molecule has 0 radical (unpaired) electrons. The number of hydrogen-bond donors (Lipinski definition) is 1. The zero-order chi connectivity index (χ0) is 15.0. The molecule has 1 unspecified atom stereocenters. The van der Waals surface area contributed by atoms with Gasteiger partial charge in [-0.15, -0.1) is 0 Å². The van der Waals surface area contributed by atoms with Crippen LogP contribution in [0, 0.1) is 12.7 Å². The van der Waals surface area contributed by atoms with Crippen molar-refractivity contribution in [2.75, 3.05) is 0 Å². The van der Waals surface area contributed by atoms with E-state index in [0.717, 1.165) is 20.8 Å². The smallest absolute Gasteiger partial charge is 0.126 e. The number of benzene rings is 3. The summed E-state index contributed by atoms with van der Waals surface area (Å²) in [6.07, 6.45) is -0.826. The van der Waals surface area contributed by atoms with Gasteiger partial charge in [-0.05, 0) is 58.7 Å². The van der Waals surface area contributed by atoms with E-state index in [9.17, 15) is 9.50 Å². The first-order valence-corrected chi connectivity index (χ1v) is 7.47. The average Bonchev–Trinajstić information content (AvgIpc) is 2.49. The molecule has 0 bridgehead atoms. The van der Waals surface area contributed by atoms with Crippen LogP contribution in [0.2, 0.25) is 0 Å². The molecule has 0 aliphatic heterocycles. The van der Waals surface area contributed by atoms with Crippen LogP contribution in [-0.2, 0) is 0 Å². The number of aliphatic hydroxyl groups excluding tert-OH is 1. The summed E-state index contributed by atoms with van der Waals surface area (Å²) in [5.41, 5.74) is 1.90. The minimum atomic E-state index is -0.826. The molecule has 0 saturated carbocycles. The molecular weight excluding hydrogens is 331 g/mol. The highest BCUT2D eigenvalue weighted by atomic mass is 79.9. The monoisotopic (exact) mass is 344 g/mol. The van der Waals surface area contributed by atoms with Crippen LogP contribution in [0.4, 0.5) is 4.39 Å². The molecule has 0 spiro atoms. The van der Waals surface area contributed by atoms with Gasteiger partial charge in [-0.3, -0.25) is 0 Å². The molecule has 0 aromatic heterocycles. The maximum atomic E-state index is 13.6. The van der Waals surface area contributed by atoms with E-state index in [0.29, 0.717) is 11.1 Å². The van der Waals surface area contributed by atoms with Crippen molar-refractivity contribution in [1.29, 1.82) is 0 Å². The maximum Gasteiger partial charge on any atom is 0.126 e. The summed E-state index contributed by atoms with van der Waals surface area (Å²) in [6, 6.07) is 16.6. The molecule has 3 aromatic rings. The van der Waals surface area contributed by atoms with Gasteiger partial charge in [0, 0.05) is 4.47 Å². The van der Waals surface area contributed by atoms with E-state index in [1.54, 1.807) is 19.1 Å². The Morgan fingerprint density at radius 1 is 0.905 bits per heavy atom. The second-order valence-electron chi connectivity index (χ2n) is 5.16. The molecule has 0 saturated heterocycles. The van der Waals surface area contributed by atoms with Crippen molar-refractivity contribution in [2.45, 2.75) is 13.0 Å². The Kier molecular flexibility index (Phi) is 3.79. The van der Waals surface area contributed by atoms with Crippen molar-refractivity contribution in [3.63, 3.8) is 0 Å². The zero-order valence-corrected chi connectivity index (χ0v) is 13.1. The summed E-state index contributed by atoms with van der Waals surface area (Å²) in [4.78, 5) is 0. The third-order valence-corrected chi connectivity index (χ3v) is 4.15. The van der Waals surface area contributed by atoms with Gasteiger partial charge in [0.2, 0.25) is 0 Å². The fourth-order valence-corrected chi connectivity index (χ4v) is 2.76. The molecule has 0 heterocycles. The van der Waals surface area contributed by atoms with Crippen LogP contribution in [0.1, 0.15) is 22.8 Å². The maximum absolute atomic E-state index is 13.6. The van der Waals surface area contributed by atoms with Gasteiger partial charge >= 0.3 is 0 Å². The predicted molar refractivity (Wildman–Crippen MR) is 86.8 cm³/mol. The van der Waals surface area contributed by atoms with E-state index in [4.69, 9.17) is 0 Å². The first-order chi connectivity index (χ1) is 10.0. The Hall–Kier alpha value is -1.71. The molecule has 106 valence electrons. The average molecular weight is 345 g/mol. The lowest BCUT2D eigenvalue weighted by atomic mass is 9.98. The lowest BCUT2D eigenvalue weighted by Gasteiger charge is -2.13. The van der Waals surface area contributed by atoms with Gasteiger partial charge in [-0.2, -0.15) is 0 Å². The fourth-order valence-electron chi connectivity index (χ4n) is 2.38. The van der Waals surface area contributed by atoms with Crippen LogP contribution in [0.25, 0.3) is 10.8 Å². The van der Waals surface area contributed by atoms with Crippen molar-refractivity contribution in [3.8, 4) is 0 Å². The Morgan fingerprint density at radius 2 is 1.52 bits per heavy atom. The standard InChI is InChI=1S/C18H14BrFO/c1-11-2-3-15(10-17(11)20)18(21)14-5-4-13-9-16(19)7-6-12(13)8-14/h2-10,18,21H,1H3. The van der Waals surface area contributed by atoms with Crippen LogP contribution in [0.5, 0.6) is 0 Å². The predicted octanol–water partition coefficient (Wildman–Crippen LogP) is 5.13. The quantitative estimate of drug-likeness (QED) is 0.683. The van der Waals surface area contributed by atoms with E-state index in [2.05, 4.69) is 15.9 Å². The first-order valence-electron chi connectivity index (χ1n) is 6.68. The summed E-state index contributed by atoms with van der Waals surface area (Å²) in [7, 11) is 0. The molecule has 0 fully saturated rings. The van der Waals surface area contributed by atoms with Crippen LogP contribution in [0.15, 0.2) is 59.1 Å². The Morgan fingerprint density at radius 3 is 2.29 bits per heavy atom. The van der Waals surface area contributed by atoms with E-state index >= 15 is 0 Å². The van der Waals surface area contributed by atoms with Crippen LogP contribution in [-0.4, -0.2) is 5.11 Å². The summed E-state index contributed by atoms with van der Waals surface area (Å²) in [6.45, 7) is 1.71. The van der Waals surface area contributed by atoms with E-state index < -0.39 is 6.10 Å². The summed E-state index contributed by atoms with van der Waals surface area (Å²) >= 11 is 3.44. The van der Waals surface area contributed by atoms with Crippen LogP contribution < -0.4 is 0 Å². The highest BCUT2D eigenvalue weighted by Gasteiger charge is 2.12. The van der Waals surface area contributed by atoms with Crippen LogP contribution in [0.3, 0.4) is 0 Å². The molecule has 3 aromatic carbocycles. The van der Waals surface area contributed by atoms with Gasteiger partial charge < -0.3 is 5.11 Å². The minimum absolute atomic E-state index is 0.295. The van der Waals surface area contributed by atoms with Crippen molar-refractivity contribution in [1.82, 2.24) is 0 Å². The fraction of sp³-hybridized carbons (Fsp3) is 0.111. The van der Waals surface area contributed by atoms with E-state index in [1.165, 1.54) is 6.07 Å². The van der Waals surface area contributed by atoms with E-state index in [1.807, 2.05) is 36.4 Å². The number of rotatable bonds is 2. The molecule has 21 heavy (non-hydrogen) atoms. The zero-order valence-electron chi connectivity index (χ0n) is 11.5. The number of aliphatic hydroxyl groups is 1. The second-order valence-corrected chi connectivity index (χ2v) is 6.08. The number of fused-ring (bicyclic) bond motifs is 1. The van der Waals surface area contributed by atoms with Gasteiger partial charge in [0.1, 0.15) is 11.9 Å². The van der Waals surface area contributed by atoms with Gasteiger partial charge in [0.05, 0.1) is 0 Å². The molecule has 1 atom stereocenters. The highest BCUT2D eigenvalue weighted by molar-refractivity contribution is 9.10. The third kappa shape index (κ3) is 2.85. The third-order valence-electron chi connectivity index (χ3n) is 3.65. The lowest BCUT2D eigenvalue weighted by molar-refractivity contribution is 0.220.